The van der Waals surface area contributed by atoms with Crippen LogP contribution in [0.2, 0.25) is 0 Å². The maximum absolute atomic E-state index is 12.2. The summed E-state index contributed by atoms with van der Waals surface area (Å²) in [4.78, 5) is 31.2. The number of carbonyl (C=O) groups excluding carboxylic acids is 1. The number of H-pyrrole nitrogens is 1. The van der Waals surface area contributed by atoms with Gasteiger partial charge in [0.2, 0.25) is 0 Å². The Morgan fingerprint density at radius 3 is 2.75 bits per heavy atom. The maximum Gasteiger partial charge on any atom is 0.310 e. The Morgan fingerprint density at radius 2 is 2.15 bits per heavy atom. The minimum absolute atomic E-state index is 0.0239. The molecule has 1 aliphatic rings. The van der Waals surface area contributed by atoms with Gasteiger partial charge in [0.05, 0.1) is 24.3 Å². The zero-order chi connectivity index (χ0) is 14.5. The highest BCUT2D eigenvalue weighted by Gasteiger charge is 2.30. The number of aryl methyl sites for hydroxylation is 1. The van der Waals surface area contributed by atoms with Gasteiger partial charge in [-0.25, -0.2) is 4.98 Å². The van der Waals surface area contributed by atoms with Crippen LogP contribution < -0.4 is 5.56 Å². The van der Waals surface area contributed by atoms with Crippen LogP contribution in [0.15, 0.2) is 4.79 Å². The van der Waals surface area contributed by atoms with Gasteiger partial charge >= 0.3 is 5.97 Å². The van der Waals surface area contributed by atoms with E-state index in [-0.39, 0.29) is 17.9 Å². The highest BCUT2D eigenvalue weighted by Crippen LogP contribution is 2.40. The Balaban J connectivity index is 2.25. The molecule has 0 unspecified atom stereocenters. The topological polar surface area (TPSA) is 72.0 Å². The summed E-state index contributed by atoms with van der Waals surface area (Å²) in [6, 6.07) is 0. The summed E-state index contributed by atoms with van der Waals surface area (Å²) >= 11 is 0. The Morgan fingerprint density at radius 1 is 1.40 bits per heavy atom. The van der Waals surface area contributed by atoms with Crippen LogP contribution in [-0.2, 0) is 22.4 Å². The summed E-state index contributed by atoms with van der Waals surface area (Å²) in [5.74, 6) is 0.733. The summed E-state index contributed by atoms with van der Waals surface area (Å²) in [6.45, 7) is 4.20. The quantitative estimate of drug-likeness (QED) is 0.775. The molecule has 1 N–H and O–H groups in total. The number of nitrogens with zero attached hydrogens (tertiary/aromatic N) is 1. The van der Waals surface area contributed by atoms with E-state index in [4.69, 9.17) is 4.74 Å². The summed E-state index contributed by atoms with van der Waals surface area (Å²) in [5, 5.41) is 0. The van der Waals surface area contributed by atoms with E-state index in [1.807, 2.05) is 0 Å². The van der Waals surface area contributed by atoms with E-state index >= 15 is 0 Å². The first kappa shape index (κ1) is 14.8. The fourth-order valence-corrected chi connectivity index (χ4v) is 2.25. The lowest BCUT2D eigenvalue weighted by Gasteiger charge is -2.09. The lowest BCUT2D eigenvalue weighted by atomic mass is 10.1. The summed E-state index contributed by atoms with van der Waals surface area (Å²) < 4.78 is 4.93. The molecule has 1 aromatic rings. The fourth-order valence-electron chi connectivity index (χ4n) is 2.25. The van der Waals surface area contributed by atoms with Gasteiger partial charge in [-0.1, -0.05) is 13.3 Å². The first-order chi connectivity index (χ1) is 9.65. The first-order valence-corrected chi connectivity index (χ1v) is 7.43. The zero-order valence-electron chi connectivity index (χ0n) is 12.2. The number of aromatic nitrogens is 2. The Bertz CT molecular complexity index is 532. The number of unbranched alkanes of at least 4 members (excludes halogenated alkanes) is 1. The van der Waals surface area contributed by atoms with Crippen LogP contribution in [0.1, 0.15) is 62.5 Å². The highest BCUT2D eigenvalue weighted by atomic mass is 16.5. The third kappa shape index (κ3) is 3.68. The van der Waals surface area contributed by atoms with Gasteiger partial charge < -0.3 is 9.72 Å². The van der Waals surface area contributed by atoms with Crippen molar-refractivity contribution in [3.05, 3.63) is 27.4 Å². The van der Waals surface area contributed by atoms with Crippen molar-refractivity contribution >= 4 is 5.97 Å². The molecule has 0 bridgehead atoms. The molecule has 0 aliphatic heterocycles. The number of hydrogen-bond acceptors (Lipinski definition) is 4. The van der Waals surface area contributed by atoms with E-state index in [1.165, 1.54) is 0 Å². The summed E-state index contributed by atoms with van der Waals surface area (Å²) in [7, 11) is 0. The molecule has 0 aromatic carbocycles. The summed E-state index contributed by atoms with van der Waals surface area (Å²) in [6.07, 6.45) is 4.98. The molecule has 0 radical (unpaired) electrons. The van der Waals surface area contributed by atoms with Gasteiger partial charge in [0, 0.05) is 12.3 Å². The van der Waals surface area contributed by atoms with E-state index in [2.05, 4.69) is 16.9 Å². The van der Waals surface area contributed by atoms with Gasteiger partial charge in [0.25, 0.3) is 5.56 Å². The molecule has 110 valence electrons. The van der Waals surface area contributed by atoms with Crippen LogP contribution in [0.25, 0.3) is 0 Å². The predicted molar refractivity (Wildman–Crippen MR) is 75.8 cm³/mol. The molecule has 5 nitrogen and oxygen atoms in total. The maximum atomic E-state index is 12.2. The lowest BCUT2D eigenvalue weighted by molar-refractivity contribution is -0.142. The van der Waals surface area contributed by atoms with Crippen LogP contribution >= 0.6 is 0 Å². The molecule has 1 heterocycles. The number of ether oxygens (including phenoxy) is 1. The number of rotatable bonds is 7. The third-order valence-electron chi connectivity index (χ3n) is 3.45. The van der Waals surface area contributed by atoms with E-state index in [1.54, 1.807) is 6.92 Å². The van der Waals surface area contributed by atoms with Crippen molar-refractivity contribution in [2.24, 2.45) is 0 Å². The van der Waals surface area contributed by atoms with Gasteiger partial charge in [-0.3, -0.25) is 9.59 Å². The van der Waals surface area contributed by atoms with Gasteiger partial charge in [-0.2, -0.15) is 0 Å². The van der Waals surface area contributed by atoms with Crippen molar-refractivity contribution < 1.29 is 9.53 Å². The molecule has 0 spiro atoms. The minimum atomic E-state index is -0.358. The number of hydrogen-bond donors (Lipinski definition) is 1. The van der Waals surface area contributed by atoms with E-state index in [9.17, 15) is 9.59 Å². The SMILES string of the molecule is CCCCc1nc(C2CC2)c(CC(=O)OCC)c(=O)[nH]1. The zero-order valence-corrected chi connectivity index (χ0v) is 12.2. The average Bonchev–Trinajstić information content (AvgIpc) is 3.23. The van der Waals surface area contributed by atoms with Gasteiger partial charge in [-0.05, 0) is 26.2 Å². The second-order valence-electron chi connectivity index (χ2n) is 5.24. The monoisotopic (exact) mass is 278 g/mol. The van der Waals surface area contributed by atoms with Crippen LogP contribution in [0.5, 0.6) is 0 Å². The molecule has 1 aliphatic carbocycles. The van der Waals surface area contributed by atoms with E-state index in [0.29, 0.717) is 18.1 Å². The van der Waals surface area contributed by atoms with Crippen molar-refractivity contribution in [2.75, 3.05) is 6.61 Å². The highest BCUT2D eigenvalue weighted by molar-refractivity contribution is 5.72. The molecule has 20 heavy (non-hydrogen) atoms. The second kappa shape index (κ2) is 6.68. The van der Waals surface area contributed by atoms with Gasteiger partial charge in [0.15, 0.2) is 0 Å². The van der Waals surface area contributed by atoms with Crippen molar-refractivity contribution in [1.29, 1.82) is 0 Å². The number of carbonyl (C=O) groups is 1. The molecule has 1 fully saturated rings. The molecule has 0 amide bonds. The predicted octanol–water partition coefficient (Wildman–Crippen LogP) is 2.10. The number of esters is 1. The molecular weight excluding hydrogens is 256 g/mol. The van der Waals surface area contributed by atoms with Crippen LogP contribution in [0, 0.1) is 0 Å². The molecule has 2 rings (SSSR count). The standard InChI is InChI=1S/C15H22N2O3/c1-3-5-6-12-16-14(10-7-8-10)11(15(19)17-12)9-13(18)20-4-2/h10H,3-9H2,1-2H3,(H,16,17,19). The van der Waals surface area contributed by atoms with Gasteiger partial charge in [-0.15, -0.1) is 0 Å². The minimum Gasteiger partial charge on any atom is -0.466 e. The third-order valence-corrected chi connectivity index (χ3v) is 3.45. The van der Waals surface area contributed by atoms with Crippen molar-refractivity contribution in [3.8, 4) is 0 Å². The van der Waals surface area contributed by atoms with Crippen molar-refractivity contribution in [2.45, 2.75) is 58.3 Å². The fraction of sp³-hybridized carbons (Fsp3) is 0.667. The average molecular weight is 278 g/mol. The molecule has 0 atom stereocenters. The van der Waals surface area contributed by atoms with Gasteiger partial charge in [0.1, 0.15) is 5.82 Å². The smallest absolute Gasteiger partial charge is 0.310 e. The van der Waals surface area contributed by atoms with E-state index < -0.39 is 0 Å². The van der Waals surface area contributed by atoms with Crippen molar-refractivity contribution in [3.63, 3.8) is 0 Å². The Labute approximate surface area is 118 Å². The summed E-state index contributed by atoms with van der Waals surface area (Å²) in [5.41, 5.74) is 1.13. The number of nitrogens with one attached hydrogen (secondary N) is 1. The van der Waals surface area contributed by atoms with Crippen molar-refractivity contribution in [1.82, 2.24) is 9.97 Å². The first-order valence-electron chi connectivity index (χ1n) is 7.43. The molecule has 0 saturated heterocycles. The Hall–Kier alpha value is -1.65. The van der Waals surface area contributed by atoms with Crippen LogP contribution in [-0.4, -0.2) is 22.5 Å². The van der Waals surface area contributed by atoms with Crippen LogP contribution in [0.3, 0.4) is 0 Å². The number of aromatic amines is 1. The lowest BCUT2D eigenvalue weighted by Crippen LogP contribution is -2.23. The van der Waals surface area contributed by atoms with E-state index in [0.717, 1.165) is 43.6 Å². The largest absolute Gasteiger partial charge is 0.466 e. The molecule has 1 saturated carbocycles. The molecular formula is C15H22N2O3. The Kier molecular flexibility index (Phi) is 4.93. The van der Waals surface area contributed by atoms with Crippen LogP contribution in [0.4, 0.5) is 0 Å². The second-order valence-corrected chi connectivity index (χ2v) is 5.24. The normalized spacial score (nSPS) is 14.3. The molecule has 5 heteroatoms. The molecule has 1 aromatic heterocycles.